The van der Waals surface area contributed by atoms with E-state index in [2.05, 4.69) is 0 Å². The molecule has 0 heterocycles. The van der Waals surface area contributed by atoms with Gasteiger partial charge in [-0.1, -0.05) is 13.8 Å². The highest BCUT2D eigenvalue weighted by atomic mass is 16.5. The van der Waals surface area contributed by atoms with Gasteiger partial charge in [-0.05, 0) is 13.5 Å². The van der Waals surface area contributed by atoms with Gasteiger partial charge in [0.25, 0.3) is 0 Å². The van der Waals surface area contributed by atoms with Crippen LogP contribution in [0.1, 0.15) is 20.8 Å². The Hall–Kier alpha value is -0.610. The van der Waals surface area contributed by atoms with E-state index in [0.717, 1.165) is 6.54 Å². The number of hydrogen-bond donors (Lipinski definition) is 1. The molecule has 0 amide bonds. The first-order chi connectivity index (χ1) is 6.65. The van der Waals surface area contributed by atoms with Crippen molar-refractivity contribution in [3.05, 3.63) is 0 Å². The molecule has 0 aliphatic carbocycles. The van der Waals surface area contributed by atoms with Gasteiger partial charge in [0.2, 0.25) is 0 Å². The van der Waals surface area contributed by atoms with Crippen LogP contribution in [-0.4, -0.2) is 48.8 Å². The topological polar surface area (TPSA) is 49.8 Å². The second kappa shape index (κ2) is 7.76. The monoisotopic (exact) mass is 203 g/mol. The summed E-state index contributed by atoms with van der Waals surface area (Å²) < 4.78 is 4.90. The van der Waals surface area contributed by atoms with Crippen molar-refractivity contribution < 1.29 is 14.6 Å². The summed E-state index contributed by atoms with van der Waals surface area (Å²) in [6, 6.07) is 0. The molecule has 0 aromatic carbocycles. The summed E-state index contributed by atoms with van der Waals surface area (Å²) in [7, 11) is 0. The standard InChI is InChI=1S/C10H21NO3/c1-4-11(6-7-12)8-9(3)10(13)14-5-2/h9,12H,4-8H2,1-3H3. The summed E-state index contributed by atoms with van der Waals surface area (Å²) in [5.41, 5.74) is 0. The Morgan fingerprint density at radius 2 is 2.14 bits per heavy atom. The third kappa shape index (κ3) is 5.19. The van der Waals surface area contributed by atoms with Crippen molar-refractivity contribution in [1.29, 1.82) is 0 Å². The van der Waals surface area contributed by atoms with Gasteiger partial charge in [0.1, 0.15) is 0 Å². The van der Waals surface area contributed by atoms with Gasteiger partial charge in [0, 0.05) is 13.1 Å². The molecule has 0 aliphatic rings. The van der Waals surface area contributed by atoms with Crippen LogP contribution in [0.15, 0.2) is 0 Å². The molecule has 0 rings (SSSR count). The fourth-order valence-electron chi connectivity index (χ4n) is 1.27. The first-order valence-corrected chi connectivity index (χ1v) is 5.15. The van der Waals surface area contributed by atoms with Crippen molar-refractivity contribution in [3.8, 4) is 0 Å². The van der Waals surface area contributed by atoms with Crippen LogP contribution in [0.4, 0.5) is 0 Å². The molecule has 0 saturated carbocycles. The molecule has 0 fully saturated rings. The molecular formula is C10H21NO3. The van der Waals surface area contributed by atoms with Crippen molar-refractivity contribution in [1.82, 2.24) is 4.90 Å². The molecule has 14 heavy (non-hydrogen) atoms. The van der Waals surface area contributed by atoms with Crippen LogP contribution in [0, 0.1) is 5.92 Å². The van der Waals surface area contributed by atoms with E-state index in [1.54, 1.807) is 6.92 Å². The third-order valence-electron chi connectivity index (χ3n) is 2.08. The lowest BCUT2D eigenvalue weighted by Crippen LogP contribution is -2.34. The van der Waals surface area contributed by atoms with Crippen LogP contribution < -0.4 is 0 Å². The van der Waals surface area contributed by atoms with Crippen LogP contribution >= 0.6 is 0 Å². The van der Waals surface area contributed by atoms with Crippen LogP contribution in [0.2, 0.25) is 0 Å². The van der Waals surface area contributed by atoms with Crippen LogP contribution in [-0.2, 0) is 9.53 Å². The number of hydrogen-bond acceptors (Lipinski definition) is 4. The molecule has 84 valence electrons. The quantitative estimate of drug-likeness (QED) is 0.612. The summed E-state index contributed by atoms with van der Waals surface area (Å²) in [5, 5.41) is 8.76. The van der Waals surface area contributed by atoms with Crippen molar-refractivity contribution in [2.24, 2.45) is 5.92 Å². The maximum absolute atomic E-state index is 11.3. The Labute approximate surface area is 85.9 Å². The predicted octanol–water partition coefficient (Wildman–Crippen LogP) is 0.500. The smallest absolute Gasteiger partial charge is 0.309 e. The zero-order valence-electron chi connectivity index (χ0n) is 9.32. The number of aliphatic hydroxyl groups is 1. The zero-order valence-corrected chi connectivity index (χ0v) is 9.32. The molecule has 0 spiro atoms. The van der Waals surface area contributed by atoms with Crippen molar-refractivity contribution in [2.45, 2.75) is 20.8 Å². The minimum atomic E-state index is -0.163. The molecule has 0 aliphatic heterocycles. The zero-order chi connectivity index (χ0) is 11.0. The summed E-state index contributed by atoms with van der Waals surface area (Å²) in [5.74, 6) is -0.287. The molecule has 0 aromatic heterocycles. The molecule has 1 N–H and O–H groups in total. The number of carbonyl (C=O) groups excluding carboxylic acids is 1. The van der Waals surface area contributed by atoms with E-state index >= 15 is 0 Å². The van der Waals surface area contributed by atoms with E-state index in [9.17, 15) is 4.79 Å². The third-order valence-corrected chi connectivity index (χ3v) is 2.08. The highest BCUT2D eigenvalue weighted by molar-refractivity contribution is 5.72. The minimum Gasteiger partial charge on any atom is -0.466 e. The first-order valence-electron chi connectivity index (χ1n) is 5.15. The van der Waals surface area contributed by atoms with Gasteiger partial charge in [-0.2, -0.15) is 0 Å². The van der Waals surface area contributed by atoms with Gasteiger partial charge in [0.15, 0.2) is 0 Å². The summed E-state index contributed by atoms with van der Waals surface area (Å²) >= 11 is 0. The van der Waals surface area contributed by atoms with Gasteiger partial charge in [-0.25, -0.2) is 0 Å². The molecule has 0 aromatic rings. The van der Waals surface area contributed by atoms with Crippen LogP contribution in [0.5, 0.6) is 0 Å². The van der Waals surface area contributed by atoms with Crippen LogP contribution in [0.3, 0.4) is 0 Å². The Morgan fingerprint density at radius 3 is 2.57 bits per heavy atom. The molecule has 1 atom stereocenters. The van der Waals surface area contributed by atoms with E-state index < -0.39 is 0 Å². The number of nitrogens with zero attached hydrogens (tertiary/aromatic N) is 1. The largest absolute Gasteiger partial charge is 0.466 e. The van der Waals surface area contributed by atoms with E-state index in [4.69, 9.17) is 9.84 Å². The van der Waals surface area contributed by atoms with Gasteiger partial charge >= 0.3 is 5.97 Å². The molecule has 0 bridgehead atoms. The summed E-state index contributed by atoms with van der Waals surface area (Å²) in [6.45, 7) is 8.31. The normalized spacial score (nSPS) is 12.9. The molecule has 0 radical (unpaired) electrons. The fraction of sp³-hybridized carbons (Fsp3) is 0.900. The molecule has 4 nitrogen and oxygen atoms in total. The van der Waals surface area contributed by atoms with Crippen molar-refractivity contribution in [2.75, 3.05) is 32.8 Å². The number of ether oxygens (including phenoxy) is 1. The van der Waals surface area contributed by atoms with Gasteiger partial charge in [-0.15, -0.1) is 0 Å². The Morgan fingerprint density at radius 1 is 1.50 bits per heavy atom. The van der Waals surface area contributed by atoms with Gasteiger partial charge in [0.05, 0.1) is 19.1 Å². The van der Waals surface area contributed by atoms with E-state index in [-0.39, 0.29) is 18.5 Å². The van der Waals surface area contributed by atoms with E-state index in [0.29, 0.717) is 19.7 Å². The molecular weight excluding hydrogens is 182 g/mol. The summed E-state index contributed by atoms with van der Waals surface area (Å²) in [6.07, 6.45) is 0. The lowest BCUT2D eigenvalue weighted by molar-refractivity contribution is -0.148. The molecule has 0 saturated heterocycles. The predicted molar refractivity (Wildman–Crippen MR) is 55.0 cm³/mol. The Bertz CT molecular complexity index is 161. The maximum atomic E-state index is 11.3. The SMILES string of the molecule is CCOC(=O)C(C)CN(CC)CCO. The lowest BCUT2D eigenvalue weighted by Gasteiger charge is -2.22. The molecule has 1 unspecified atom stereocenters. The highest BCUT2D eigenvalue weighted by Crippen LogP contribution is 2.02. The second-order valence-electron chi connectivity index (χ2n) is 3.27. The number of likely N-dealkylation sites (N-methyl/N-ethyl adjacent to an activating group) is 1. The minimum absolute atomic E-state index is 0.124. The molecule has 4 heteroatoms. The number of esters is 1. The van der Waals surface area contributed by atoms with Gasteiger partial charge < -0.3 is 14.7 Å². The maximum Gasteiger partial charge on any atom is 0.309 e. The second-order valence-corrected chi connectivity index (χ2v) is 3.27. The fourth-order valence-corrected chi connectivity index (χ4v) is 1.27. The average molecular weight is 203 g/mol. The summed E-state index contributed by atoms with van der Waals surface area (Å²) in [4.78, 5) is 13.3. The first kappa shape index (κ1) is 13.4. The Balaban J connectivity index is 3.88. The highest BCUT2D eigenvalue weighted by Gasteiger charge is 2.16. The van der Waals surface area contributed by atoms with Crippen molar-refractivity contribution >= 4 is 5.97 Å². The van der Waals surface area contributed by atoms with E-state index in [1.807, 2.05) is 18.7 Å². The Kier molecular flexibility index (Phi) is 7.42. The van der Waals surface area contributed by atoms with Crippen LogP contribution in [0.25, 0.3) is 0 Å². The van der Waals surface area contributed by atoms with E-state index in [1.165, 1.54) is 0 Å². The van der Waals surface area contributed by atoms with Gasteiger partial charge in [-0.3, -0.25) is 4.79 Å². The van der Waals surface area contributed by atoms with Crippen molar-refractivity contribution in [3.63, 3.8) is 0 Å². The number of rotatable bonds is 7. The lowest BCUT2D eigenvalue weighted by atomic mass is 10.1. The number of carbonyl (C=O) groups is 1. The number of aliphatic hydroxyl groups excluding tert-OH is 1. The average Bonchev–Trinajstić information content (AvgIpc) is 2.17.